The Hall–Kier alpha value is -2.25. The summed E-state index contributed by atoms with van der Waals surface area (Å²) in [5.74, 6) is 0.423. The van der Waals surface area contributed by atoms with Crippen molar-refractivity contribution < 1.29 is 14.6 Å². The van der Waals surface area contributed by atoms with Gasteiger partial charge in [-0.25, -0.2) is 9.97 Å². The van der Waals surface area contributed by atoms with Gasteiger partial charge in [0.15, 0.2) is 0 Å². The number of rotatable bonds is 4. The van der Waals surface area contributed by atoms with Gasteiger partial charge >= 0.3 is 0 Å². The summed E-state index contributed by atoms with van der Waals surface area (Å²) in [6.07, 6.45) is 7.10. The van der Waals surface area contributed by atoms with Crippen LogP contribution in [0.4, 0.5) is 0 Å². The lowest BCUT2D eigenvalue weighted by atomic mass is 10.0. The molecule has 1 atom stereocenters. The number of nitrogens with zero attached hydrogens (tertiary/aromatic N) is 3. The molecule has 0 aromatic carbocycles. The summed E-state index contributed by atoms with van der Waals surface area (Å²) in [4.78, 5) is 20.2. The maximum Gasteiger partial charge on any atom is 0.252 e. The first-order valence-corrected chi connectivity index (χ1v) is 6.69. The summed E-state index contributed by atoms with van der Waals surface area (Å²) < 4.78 is 6.88. The largest absolute Gasteiger partial charge is 0.386 e. The van der Waals surface area contributed by atoms with Crippen molar-refractivity contribution in [2.45, 2.75) is 12.0 Å². The van der Waals surface area contributed by atoms with Crippen LogP contribution in [0.1, 0.15) is 16.8 Å². The van der Waals surface area contributed by atoms with Gasteiger partial charge in [0.05, 0.1) is 12.2 Å². The molecule has 7 heteroatoms. The third-order valence-electron chi connectivity index (χ3n) is 3.44. The minimum absolute atomic E-state index is 0.176. The van der Waals surface area contributed by atoms with E-state index >= 15 is 0 Å². The number of carbonyl (C=O) groups excluding carboxylic acids is 1. The van der Waals surface area contributed by atoms with Crippen molar-refractivity contribution in [2.75, 3.05) is 19.8 Å². The monoisotopic (exact) mass is 288 g/mol. The van der Waals surface area contributed by atoms with E-state index in [0.29, 0.717) is 24.4 Å². The lowest BCUT2D eigenvalue weighted by molar-refractivity contribution is 0.0264. The second-order valence-corrected chi connectivity index (χ2v) is 5.08. The number of hydrogen-bond acceptors (Lipinski definition) is 5. The van der Waals surface area contributed by atoms with E-state index in [2.05, 4.69) is 15.3 Å². The standard InChI is InChI=1S/C14H16N4O3/c19-13(17-8-14(20)3-6-21-9-14)11-1-2-12(16-7-11)18-5-4-15-10-18/h1-2,4-5,7,10,20H,3,6,8-9H2,(H,17,19). The number of imidazole rings is 1. The summed E-state index contributed by atoms with van der Waals surface area (Å²) in [6.45, 7) is 0.952. The number of ether oxygens (including phenoxy) is 1. The molecule has 1 amide bonds. The highest BCUT2D eigenvalue weighted by Crippen LogP contribution is 2.17. The van der Waals surface area contributed by atoms with Crippen LogP contribution in [0.2, 0.25) is 0 Å². The minimum atomic E-state index is -0.958. The predicted molar refractivity (Wildman–Crippen MR) is 74.1 cm³/mol. The molecule has 2 aromatic heterocycles. The molecular weight excluding hydrogens is 272 g/mol. The Morgan fingerprint density at radius 3 is 3.05 bits per heavy atom. The van der Waals surface area contributed by atoms with Gasteiger partial charge < -0.3 is 15.2 Å². The van der Waals surface area contributed by atoms with E-state index < -0.39 is 5.60 Å². The van der Waals surface area contributed by atoms with Crippen molar-refractivity contribution >= 4 is 5.91 Å². The van der Waals surface area contributed by atoms with Crippen LogP contribution in [0.3, 0.4) is 0 Å². The van der Waals surface area contributed by atoms with Crippen LogP contribution in [0.15, 0.2) is 37.1 Å². The first-order chi connectivity index (χ1) is 10.2. The third kappa shape index (κ3) is 3.09. The fourth-order valence-electron chi connectivity index (χ4n) is 2.15. The van der Waals surface area contributed by atoms with Crippen molar-refractivity contribution in [1.29, 1.82) is 0 Å². The summed E-state index contributed by atoms with van der Waals surface area (Å²) in [5.41, 5.74) is -0.513. The molecule has 2 N–H and O–H groups in total. The average Bonchev–Trinajstić information content (AvgIpc) is 3.17. The number of hydrogen-bond donors (Lipinski definition) is 2. The number of aliphatic hydroxyl groups is 1. The molecule has 2 aromatic rings. The highest BCUT2D eigenvalue weighted by molar-refractivity contribution is 5.93. The zero-order valence-corrected chi connectivity index (χ0v) is 11.4. The second-order valence-electron chi connectivity index (χ2n) is 5.08. The van der Waals surface area contributed by atoms with Crippen LogP contribution >= 0.6 is 0 Å². The Balaban J connectivity index is 1.62. The Morgan fingerprint density at radius 1 is 1.52 bits per heavy atom. The van der Waals surface area contributed by atoms with Crippen LogP contribution in [0.25, 0.3) is 5.82 Å². The first kappa shape index (κ1) is 13.7. The lowest BCUT2D eigenvalue weighted by Crippen LogP contribution is -2.43. The molecule has 3 heterocycles. The number of pyridine rings is 1. The molecule has 1 unspecified atom stereocenters. The fourth-order valence-corrected chi connectivity index (χ4v) is 2.15. The molecule has 1 aliphatic heterocycles. The molecule has 7 nitrogen and oxygen atoms in total. The fraction of sp³-hybridized carbons (Fsp3) is 0.357. The predicted octanol–water partition coefficient (Wildman–Crippen LogP) is 0.148. The smallest absolute Gasteiger partial charge is 0.252 e. The Morgan fingerprint density at radius 2 is 2.43 bits per heavy atom. The molecule has 0 aliphatic carbocycles. The highest BCUT2D eigenvalue weighted by atomic mass is 16.5. The maximum absolute atomic E-state index is 12.0. The minimum Gasteiger partial charge on any atom is -0.386 e. The van der Waals surface area contributed by atoms with E-state index in [1.54, 1.807) is 35.4 Å². The number of carbonyl (C=O) groups is 1. The van der Waals surface area contributed by atoms with Crippen molar-refractivity contribution in [1.82, 2.24) is 19.9 Å². The molecule has 1 fully saturated rings. The van der Waals surface area contributed by atoms with Crippen molar-refractivity contribution in [2.24, 2.45) is 0 Å². The van der Waals surface area contributed by atoms with Gasteiger partial charge in [-0.3, -0.25) is 9.36 Å². The van der Waals surface area contributed by atoms with Gasteiger partial charge in [0.2, 0.25) is 0 Å². The zero-order valence-electron chi connectivity index (χ0n) is 11.4. The molecule has 0 spiro atoms. The van der Waals surface area contributed by atoms with Crippen LogP contribution in [0, 0.1) is 0 Å². The highest BCUT2D eigenvalue weighted by Gasteiger charge is 2.32. The van der Waals surface area contributed by atoms with Gasteiger partial charge in [-0.05, 0) is 12.1 Å². The van der Waals surface area contributed by atoms with Crippen LogP contribution in [0.5, 0.6) is 0 Å². The van der Waals surface area contributed by atoms with Crippen LogP contribution in [-0.4, -0.2) is 50.9 Å². The zero-order chi connectivity index (χ0) is 14.7. The van der Waals surface area contributed by atoms with Gasteiger partial charge in [0.1, 0.15) is 17.7 Å². The molecule has 0 bridgehead atoms. The molecule has 1 saturated heterocycles. The Kier molecular flexibility index (Phi) is 3.68. The lowest BCUT2D eigenvalue weighted by Gasteiger charge is -2.20. The van der Waals surface area contributed by atoms with Gasteiger partial charge in [-0.1, -0.05) is 0 Å². The van der Waals surface area contributed by atoms with Crippen LogP contribution in [-0.2, 0) is 4.74 Å². The summed E-state index contributed by atoms with van der Waals surface area (Å²) in [5, 5.41) is 12.8. The molecule has 0 saturated carbocycles. The molecule has 1 aliphatic rings. The Labute approximate surface area is 121 Å². The van der Waals surface area contributed by atoms with Gasteiger partial charge in [-0.15, -0.1) is 0 Å². The van der Waals surface area contributed by atoms with E-state index in [-0.39, 0.29) is 19.1 Å². The normalized spacial score (nSPS) is 21.4. The number of aromatic nitrogens is 3. The number of amides is 1. The van der Waals surface area contributed by atoms with Crippen molar-refractivity contribution in [3.8, 4) is 5.82 Å². The van der Waals surface area contributed by atoms with Crippen molar-refractivity contribution in [3.63, 3.8) is 0 Å². The van der Waals surface area contributed by atoms with E-state index in [4.69, 9.17) is 4.74 Å². The van der Waals surface area contributed by atoms with E-state index in [1.807, 2.05) is 0 Å². The maximum atomic E-state index is 12.0. The SMILES string of the molecule is O=C(NCC1(O)CCOC1)c1ccc(-n2ccnc2)nc1. The molecule has 21 heavy (non-hydrogen) atoms. The van der Waals surface area contributed by atoms with Gasteiger partial charge in [-0.2, -0.15) is 0 Å². The topological polar surface area (TPSA) is 89.3 Å². The summed E-state index contributed by atoms with van der Waals surface area (Å²) in [6, 6.07) is 3.43. The van der Waals surface area contributed by atoms with Crippen molar-refractivity contribution in [3.05, 3.63) is 42.6 Å². The average molecular weight is 288 g/mol. The van der Waals surface area contributed by atoms with E-state index in [9.17, 15) is 9.90 Å². The molecule has 3 rings (SSSR count). The molecular formula is C14H16N4O3. The van der Waals surface area contributed by atoms with E-state index in [0.717, 1.165) is 0 Å². The van der Waals surface area contributed by atoms with Gasteiger partial charge in [0, 0.05) is 38.2 Å². The summed E-state index contributed by atoms with van der Waals surface area (Å²) >= 11 is 0. The summed E-state index contributed by atoms with van der Waals surface area (Å²) in [7, 11) is 0. The third-order valence-corrected chi connectivity index (χ3v) is 3.44. The van der Waals surface area contributed by atoms with E-state index in [1.165, 1.54) is 6.20 Å². The van der Waals surface area contributed by atoms with Crippen LogP contribution < -0.4 is 5.32 Å². The number of nitrogens with one attached hydrogen (secondary N) is 1. The molecule has 0 radical (unpaired) electrons. The second kappa shape index (κ2) is 5.63. The Bertz CT molecular complexity index is 604. The van der Waals surface area contributed by atoms with Gasteiger partial charge in [0.25, 0.3) is 5.91 Å². The molecule has 110 valence electrons. The quantitative estimate of drug-likeness (QED) is 0.836. The first-order valence-electron chi connectivity index (χ1n) is 6.69.